The van der Waals surface area contributed by atoms with Crippen LogP contribution in [-0.2, 0) is 5.41 Å². The summed E-state index contributed by atoms with van der Waals surface area (Å²) in [4.78, 5) is 1.55. The Kier molecular flexibility index (Phi) is 1.77. The van der Waals surface area contributed by atoms with Crippen molar-refractivity contribution in [2.24, 2.45) is 11.7 Å². The Balaban J connectivity index is 2.27. The zero-order valence-electron chi connectivity index (χ0n) is 7.63. The van der Waals surface area contributed by atoms with E-state index in [-0.39, 0.29) is 0 Å². The molecule has 0 bridgehead atoms. The Morgan fingerprint density at radius 3 is 2.92 bits per heavy atom. The summed E-state index contributed by atoms with van der Waals surface area (Å²) in [5.74, 6) is 0.731. The quantitative estimate of drug-likeness (QED) is 0.744. The van der Waals surface area contributed by atoms with Gasteiger partial charge in [0, 0.05) is 10.3 Å². The molecule has 1 aromatic rings. The third kappa shape index (κ3) is 1.02. The summed E-state index contributed by atoms with van der Waals surface area (Å²) in [6.07, 6.45) is 1.28. The van der Waals surface area contributed by atoms with E-state index in [2.05, 4.69) is 25.3 Å². The largest absolute Gasteiger partial charge is 0.330 e. The first-order valence-corrected chi connectivity index (χ1v) is 5.31. The second-order valence-corrected chi connectivity index (χ2v) is 4.90. The minimum absolute atomic E-state index is 0.424. The second kappa shape index (κ2) is 2.57. The third-order valence-corrected chi connectivity index (χ3v) is 4.37. The Morgan fingerprint density at radius 2 is 2.50 bits per heavy atom. The predicted octanol–water partition coefficient (Wildman–Crippen LogP) is 2.29. The molecule has 1 heterocycles. The predicted molar refractivity (Wildman–Crippen MR) is 53.6 cm³/mol. The van der Waals surface area contributed by atoms with E-state index in [0.717, 1.165) is 12.5 Å². The van der Waals surface area contributed by atoms with Crippen molar-refractivity contribution < 1.29 is 0 Å². The van der Waals surface area contributed by atoms with E-state index in [0.29, 0.717) is 5.41 Å². The molecular weight excluding hydrogens is 166 g/mol. The Hall–Kier alpha value is -0.340. The minimum atomic E-state index is 0.424. The van der Waals surface area contributed by atoms with Gasteiger partial charge in [-0.1, -0.05) is 6.92 Å². The molecule has 0 saturated heterocycles. The maximum Gasteiger partial charge on any atom is 0.0137 e. The highest BCUT2D eigenvalue weighted by atomic mass is 32.1. The topological polar surface area (TPSA) is 26.0 Å². The highest BCUT2D eigenvalue weighted by molar-refractivity contribution is 7.10. The van der Waals surface area contributed by atoms with E-state index in [9.17, 15) is 0 Å². The SMILES string of the molecule is Cc1ccsc1C1(C)CC1CN. The monoisotopic (exact) mass is 181 g/mol. The molecule has 1 saturated carbocycles. The van der Waals surface area contributed by atoms with Crippen LogP contribution in [0.2, 0.25) is 0 Å². The molecule has 1 nitrogen and oxygen atoms in total. The summed E-state index contributed by atoms with van der Waals surface area (Å²) in [6.45, 7) is 5.38. The van der Waals surface area contributed by atoms with Crippen LogP contribution < -0.4 is 5.73 Å². The fourth-order valence-electron chi connectivity index (χ4n) is 2.03. The highest BCUT2D eigenvalue weighted by Crippen LogP contribution is 2.55. The van der Waals surface area contributed by atoms with Crippen LogP contribution in [0.3, 0.4) is 0 Å². The maximum absolute atomic E-state index is 5.67. The molecular formula is C10H15NS. The molecule has 0 spiro atoms. The lowest BCUT2D eigenvalue weighted by Crippen LogP contribution is -2.11. The average Bonchev–Trinajstić information content (AvgIpc) is 2.50. The van der Waals surface area contributed by atoms with Gasteiger partial charge in [0.2, 0.25) is 0 Å². The van der Waals surface area contributed by atoms with Crippen molar-refractivity contribution in [1.82, 2.24) is 0 Å². The van der Waals surface area contributed by atoms with E-state index in [1.54, 1.807) is 4.88 Å². The van der Waals surface area contributed by atoms with Crippen LogP contribution in [-0.4, -0.2) is 6.54 Å². The number of nitrogens with two attached hydrogens (primary N) is 1. The summed E-state index contributed by atoms with van der Waals surface area (Å²) in [7, 11) is 0. The standard InChI is InChI=1S/C10H15NS/c1-7-3-4-12-9(7)10(2)5-8(10)6-11/h3-4,8H,5-6,11H2,1-2H3. The van der Waals surface area contributed by atoms with Crippen LogP contribution in [0.1, 0.15) is 23.8 Å². The summed E-state index contributed by atoms with van der Waals surface area (Å²) in [5, 5.41) is 2.18. The van der Waals surface area contributed by atoms with Crippen molar-refractivity contribution in [1.29, 1.82) is 0 Å². The molecule has 0 aromatic carbocycles. The van der Waals surface area contributed by atoms with E-state index < -0.39 is 0 Å². The zero-order valence-corrected chi connectivity index (χ0v) is 8.45. The number of hydrogen-bond acceptors (Lipinski definition) is 2. The number of hydrogen-bond donors (Lipinski definition) is 1. The summed E-state index contributed by atoms with van der Waals surface area (Å²) >= 11 is 1.88. The van der Waals surface area contributed by atoms with Crippen LogP contribution in [0.5, 0.6) is 0 Å². The van der Waals surface area contributed by atoms with Gasteiger partial charge in [-0.3, -0.25) is 0 Å². The first-order chi connectivity index (χ1) is 5.68. The van der Waals surface area contributed by atoms with E-state index in [4.69, 9.17) is 5.73 Å². The van der Waals surface area contributed by atoms with Gasteiger partial charge in [0.15, 0.2) is 0 Å². The normalized spacial score (nSPS) is 33.8. The van der Waals surface area contributed by atoms with Gasteiger partial charge in [-0.05, 0) is 42.8 Å². The van der Waals surface area contributed by atoms with Crippen LogP contribution in [0.4, 0.5) is 0 Å². The Bertz CT molecular complexity index is 292. The minimum Gasteiger partial charge on any atom is -0.330 e. The Labute approximate surface area is 77.6 Å². The molecule has 2 rings (SSSR count). The molecule has 0 amide bonds. The summed E-state index contributed by atoms with van der Waals surface area (Å²) in [6, 6.07) is 2.21. The molecule has 0 radical (unpaired) electrons. The van der Waals surface area contributed by atoms with Gasteiger partial charge in [-0.25, -0.2) is 0 Å². The van der Waals surface area contributed by atoms with Gasteiger partial charge in [0.05, 0.1) is 0 Å². The van der Waals surface area contributed by atoms with Gasteiger partial charge >= 0.3 is 0 Å². The maximum atomic E-state index is 5.67. The van der Waals surface area contributed by atoms with Gasteiger partial charge in [-0.2, -0.15) is 0 Å². The lowest BCUT2D eigenvalue weighted by molar-refractivity contribution is 0.674. The smallest absolute Gasteiger partial charge is 0.0137 e. The summed E-state index contributed by atoms with van der Waals surface area (Å²) in [5.41, 5.74) is 7.54. The number of thiophene rings is 1. The van der Waals surface area contributed by atoms with E-state index in [1.165, 1.54) is 12.0 Å². The Morgan fingerprint density at radius 1 is 1.75 bits per heavy atom. The van der Waals surface area contributed by atoms with E-state index in [1.807, 2.05) is 11.3 Å². The van der Waals surface area contributed by atoms with Crippen molar-refractivity contribution in [3.8, 4) is 0 Å². The molecule has 2 atom stereocenters. The number of aryl methyl sites for hydroxylation is 1. The van der Waals surface area contributed by atoms with Gasteiger partial charge in [-0.15, -0.1) is 11.3 Å². The van der Waals surface area contributed by atoms with Gasteiger partial charge in [0.25, 0.3) is 0 Å². The van der Waals surface area contributed by atoms with Crippen molar-refractivity contribution in [3.05, 3.63) is 21.9 Å². The lowest BCUT2D eigenvalue weighted by Gasteiger charge is -2.09. The molecule has 2 heteroatoms. The van der Waals surface area contributed by atoms with Crippen molar-refractivity contribution in [3.63, 3.8) is 0 Å². The van der Waals surface area contributed by atoms with Crippen LogP contribution in [0.15, 0.2) is 11.4 Å². The molecule has 2 N–H and O–H groups in total. The first kappa shape index (κ1) is 8.27. The van der Waals surface area contributed by atoms with Crippen LogP contribution >= 0.6 is 11.3 Å². The van der Waals surface area contributed by atoms with Crippen LogP contribution in [0, 0.1) is 12.8 Å². The molecule has 12 heavy (non-hydrogen) atoms. The van der Waals surface area contributed by atoms with Crippen LogP contribution in [0.25, 0.3) is 0 Å². The molecule has 1 aliphatic carbocycles. The van der Waals surface area contributed by atoms with E-state index >= 15 is 0 Å². The molecule has 2 unspecified atom stereocenters. The fourth-order valence-corrected chi connectivity index (χ4v) is 3.21. The average molecular weight is 181 g/mol. The van der Waals surface area contributed by atoms with Gasteiger partial charge in [0.1, 0.15) is 0 Å². The lowest BCUT2D eigenvalue weighted by atomic mass is 10.0. The third-order valence-electron chi connectivity index (χ3n) is 3.08. The molecule has 1 fully saturated rings. The fraction of sp³-hybridized carbons (Fsp3) is 0.600. The molecule has 0 aliphatic heterocycles. The molecule has 66 valence electrons. The number of rotatable bonds is 2. The van der Waals surface area contributed by atoms with Crippen molar-refractivity contribution in [2.45, 2.75) is 25.7 Å². The first-order valence-electron chi connectivity index (χ1n) is 4.43. The zero-order chi connectivity index (χ0) is 8.77. The van der Waals surface area contributed by atoms with Crippen molar-refractivity contribution >= 4 is 11.3 Å². The summed E-state index contributed by atoms with van der Waals surface area (Å²) < 4.78 is 0. The molecule has 1 aromatic heterocycles. The second-order valence-electron chi connectivity index (χ2n) is 3.99. The van der Waals surface area contributed by atoms with Crippen molar-refractivity contribution in [2.75, 3.05) is 6.54 Å². The molecule has 1 aliphatic rings. The highest BCUT2D eigenvalue weighted by Gasteiger charge is 2.51. The van der Waals surface area contributed by atoms with Gasteiger partial charge < -0.3 is 5.73 Å².